The number of hydrogen-bond donors (Lipinski definition) is 1. The minimum absolute atomic E-state index is 0.321. The Kier molecular flexibility index (Phi) is 3.90. The van der Waals surface area contributed by atoms with Gasteiger partial charge in [0, 0.05) is 31.7 Å². The van der Waals surface area contributed by atoms with Crippen LogP contribution in [-0.2, 0) is 0 Å². The van der Waals surface area contributed by atoms with Crippen molar-refractivity contribution >= 4 is 17.3 Å². The van der Waals surface area contributed by atoms with Crippen LogP contribution >= 0.6 is 0 Å². The van der Waals surface area contributed by atoms with Crippen LogP contribution in [0.1, 0.15) is 13.8 Å². The summed E-state index contributed by atoms with van der Waals surface area (Å²) in [6.07, 6.45) is 9.27. The van der Waals surface area contributed by atoms with Crippen molar-refractivity contribution in [2.45, 2.75) is 19.9 Å². The quantitative estimate of drug-likeness (QED) is 0.800. The average Bonchev–Trinajstić information content (AvgIpc) is 3.24. The Balaban J connectivity index is 1.85. The third-order valence-electron chi connectivity index (χ3n) is 4.86. The summed E-state index contributed by atoms with van der Waals surface area (Å²) in [5.41, 5.74) is 0.938. The predicted molar refractivity (Wildman–Crippen MR) is 94.3 cm³/mol. The molecule has 0 aromatic carbocycles. The SMILES string of the molecule is CC(C)C1CNCC1N(c1cnccn1)c1cnc2ccccn12. The fourth-order valence-electron chi connectivity index (χ4n) is 3.62. The van der Waals surface area contributed by atoms with Crippen molar-refractivity contribution in [1.29, 1.82) is 0 Å². The number of imidazole rings is 1. The molecule has 24 heavy (non-hydrogen) atoms. The molecule has 3 aromatic rings. The molecule has 1 aliphatic rings. The van der Waals surface area contributed by atoms with Gasteiger partial charge in [-0.1, -0.05) is 19.9 Å². The second-order valence-electron chi connectivity index (χ2n) is 6.61. The molecule has 0 amide bonds. The van der Waals surface area contributed by atoms with Crippen molar-refractivity contribution in [3.63, 3.8) is 0 Å². The zero-order valence-electron chi connectivity index (χ0n) is 14.0. The minimum atomic E-state index is 0.321. The van der Waals surface area contributed by atoms with Crippen molar-refractivity contribution in [3.8, 4) is 0 Å². The number of nitrogens with zero attached hydrogens (tertiary/aromatic N) is 5. The third-order valence-corrected chi connectivity index (χ3v) is 4.86. The molecule has 1 N–H and O–H groups in total. The van der Waals surface area contributed by atoms with E-state index >= 15 is 0 Å². The zero-order chi connectivity index (χ0) is 16.5. The zero-order valence-corrected chi connectivity index (χ0v) is 14.0. The molecule has 0 bridgehead atoms. The van der Waals surface area contributed by atoms with Crippen LogP contribution in [0.15, 0.2) is 49.2 Å². The lowest BCUT2D eigenvalue weighted by Crippen LogP contribution is -2.40. The van der Waals surface area contributed by atoms with Gasteiger partial charge in [-0.2, -0.15) is 0 Å². The highest BCUT2D eigenvalue weighted by Crippen LogP contribution is 2.33. The molecule has 0 saturated carbocycles. The molecule has 3 aromatic heterocycles. The van der Waals surface area contributed by atoms with E-state index in [1.165, 1.54) is 0 Å². The maximum absolute atomic E-state index is 4.57. The Morgan fingerprint density at radius 1 is 1.17 bits per heavy atom. The first-order valence-corrected chi connectivity index (χ1v) is 8.44. The summed E-state index contributed by atoms with van der Waals surface area (Å²) in [4.78, 5) is 15.7. The van der Waals surface area contributed by atoms with Gasteiger partial charge in [0.1, 0.15) is 11.5 Å². The smallest absolute Gasteiger partial charge is 0.152 e. The Bertz CT molecular complexity index is 813. The van der Waals surface area contributed by atoms with Gasteiger partial charge in [0.25, 0.3) is 0 Å². The largest absolute Gasteiger partial charge is 0.314 e. The Morgan fingerprint density at radius 3 is 2.88 bits per heavy atom. The highest BCUT2D eigenvalue weighted by atomic mass is 15.3. The van der Waals surface area contributed by atoms with Crippen LogP contribution in [0.3, 0.4) is 0 Å². The Labute approximate surface area is 141 Å². The molecule has 6 heteroatoms. The van der Waals surface area contributed by atoms with Crippen molar-refractivity contribution in [2.24, 2.45) is 11.8 Å². The second-order valence-corrected chi connectivity index (χ2v) is 6.61. The number of fused-ring (bicyclic) bond motifs is 1. The molecule has 4 rings (SSSR count). The first-order chi connectivity index (χ1) is 11.8. The highest BCUT2D eigenvalue weighted by molar-refractivity contribution is 5.61. The van der Waals surface area contributed by atoms with Crippen molar-refractivity contribution < 1.29 is 0 Å². The van der Waals surface area contributed by atoms with E-state index in [-0.39, 0.29) is 0 Å². The van der Waals surface area contributed by atoms with E-state index in [1.54, 1.807) is 12.4 Å². The van der Waals surface area contributed by atoms with Crippen molar-refractivity contribution in [2.75, 3.05) is 18.0 Å². The van der Waals surface area contributed by atoms with Gasteiger partial charge in [0.15, 0.2) is 5.82 Å². The van der Waals surface area contributed by atoms with Crippen molar-refractivity contribution in [1.82, 2.24) is 24.7 Å². The molecule has 0 spiro atoms. The summed E-state index contributed by atoms with van der Waals surface area (Å²) >= 11 is 0. The molecule has 4 heterocycles. The minimum Gasteiger partial charge on any atom is -0.314 e. The molecule has 2 unspecified atom stereocenters. The van der Waals surface area contributed by atoms with Gasteiger partial charge >= 0.3 is 0 Å². The van der Waals surface area contributed by atoms with Gasteiger partial charge in [-0.3, -0.25) is 9.38 Å². The molecule has 124 valence electrons. The maximum atomic E-state index is 4.57. The lowest BCUT2D eigenvalue weighted by molar-refractivity contribution is 0.376. The average molecular weight is 322 g/mol. The molecule has 6 nitrogen and oxygen atoms in total. The van der Waals surface area contributed by atoms with Gasteiger partial charge in [0.05, 0.1) is 18.4 Å². The molecule has 0 aliphatic carbocycles. The summed E-state index contributed by atoms with van der Waals surface area (Å²) < 4.78 is 2.12. The molecule has 1 saturated heterocycles. The monoisotopic (exact) mass is 322 g/mol. The number of hydrogen-bond acceptors (Lipinski definition) is 5. The molecule has 1 aliphatic heterocycles. The third kappa shape index (κ3) is 2.53. The van der Waals surface area contributed by atoms with Gasteiger partial charge in [-0.05, 0) is 24.0 Å². The lowest BCUT2D eigenvalue weighted by Gasteiger charge is -2.34. The van der Waals surface area contributed by atoms with Crippen LogP contribution in [-0.4, -0.2) is 38.5 Å². The van der Waals surface area contributed by atoms with E-state index in [0.29, 0.717) is 17.9 Å². The number of rotatable bonds is 4. The molecular weight excluding hydrogens is 300 g/mol. The van der Waals surface area contributed by atoms with E-state index in [9.17, 15) is 0 Å². The number of pyridine rings is 1. The molecular formula is C18H22N6. The number of aromatic nitrogens is 4. The van der Waals surface area contributed by atoms with Crippen molar-refractivity contribution in [3.05, 3.63) is 49.2 Å². The first-order valence-electron chi connectivity index (χ1n) is 8.44. The van der Waals surface area contributed by atoms with Crippen LogP contribution in [0, 0.1) is 11.8 Å². The normalized spacial score (nSPS) is 20.8. The summed E-state index contributed by atoms with van der Waals surface area (Å²) in [6.45, 7) is 6.53. The van der Waals surface area contributed by atoms with E-state index < -0.39 is 0 Å². The fourth-order valence-corrected chi connectivity index (χ4v) is 3.62. The number of nitrogens with one attached hydrogen (secondary N) is 1. The fraction of sp³-hybridized carbons (Fsp3) is 0.389. The first kappa shape index (κ1) is 15.1. The predicted octanol–water partition coefficient (Wildman–Crippen LogP) is 2.51. The van der Waals surface area contributed by atoms with Crippen LogP contribution < -0.4 is 10.2 Å². The summed E-state index contributed by atoms with van der Waals surface area (Å²) in [6, 6.07) is 6.37. The molecule has 2 atom stereocenters. The Hall–Kier alpha value is -2.47. The summed E-state index contributed by atoms with van der Waals surface area (Å²) in [5, 5.41) is 3.54. The van der Waals surface area contributed by atoms with Crippen LogP contribution in [0.5, 0.6) is 0 Å². The van der Waals surface area contributed by atoms with E-state index in [0.717, 1.165) is 30.4 Å². The van der Waals surface area contributed by atoms with Gasteiger partial charge < -0.3 is 10.2 Å². The maximum Gasteiger partial charge on any atom is 0.152 e. The van der Waals surface area contributed by atoms with Gasteiger partial charge in [-0.15, -0.1) is 0 Å². The van der Waals surface area contributed by atoms with Gasteiger partial charge in [0.2, 0.25) is 0 Å². The van der Waals surface area contributed by atoms with Crippen LogP contribution in [0.4, 0.5) is 11.6 Å². The van der Waals surface area contributed by atoms with Crippen LogP contribution in [0.2, 0.25) is 0 Å². The standard InChI is InChI=1S/C18H22N6/c1-13(2)14-9-20-10-15(14)24(17-11-19-6-7-21-17)18-12-22-16-5-3-4-8-23(16)18/h3-8,11-15,20H,9-10H2,1-2H3. The lowest BCUT2D eigenvalue weighted by atomic mass is 9.90. The molecule has 0 radical (unpaired) electrons. The Morgan fingerprint density at radius 2 is 2.08 bits per heavy atom. The topological polar surface area (TPSA) is 58.3 Å². The van der Waals surface area contributed by atoms with E-state index in [4.69, 9.17) is 0 Å². The molecule has 1 fully saturated rings. The number of anilines is 2. The summed E-state index contributed by atoms with van der Waals surface area (Å²) in [7, 11) is 0. The second kappa shape index (κ2) is 6.20. The van der Waals surface area contributed by atoms with E-state index in [2.05, 4.69) is 43.4 Å². The highest BCUT2D eigenvalue weighted by Gasteiger charge is 2.36. The summed E-state index contributed by atoms with van der Waals surface area (Å²) in [5.74, 6) is 3.03. The van der Waals surface area contributed by atoms with E-state index in [1.807, 2.05) is 36.8 Å². The van der Waals surface area contributed by atoms with Gasteiger partial charge in [-0.25, -0.2) is 9.97 Å². The van der Waals surface area contributed by atoms with Crippen LogP contribution in [0.25, 0.3) is 5.65 Å².